The third kappa shape index (κ3) is 2.01. The topological polar surface area (TPSA) is 40.5 Å². The Labute approximate surface area is 80.2 Å². The molecule has 0 radical (unpaired) electrons. The molecule has 1 heterocycles. The van der Waals surface area contributed by atoms with Crippen molar-refractivity contribution in [2.24, 2.45) is 0 Å². The summed E-state index contributed by atoms with van der Waals surface area (Å²) in [6.45, 7) is 1.37. The summed E-state index contributed by atoms with van der Waals surface area (Å²) in [6.07, 6.45) is 1.99. The fourth-order valence-electron chi connectivity index (χ4n) is 0.797. The second-order valence-electron chi connectivity index (χ2n) is 2.79. The van der Waals surface area contributed by atoms with Crippen molar-refractivity contribution in [3.05, 3.63) is 17.0 Å². The van der Waals surface area contributed by atoms with Gasteiger partial charge in [0.05, 0.1) is 10.8 Å². The predicted octanol–water partition coefficient (Wildman–Crippen LogP) is 1.67. The first kappa shape index (κ1) is 10.1. The molecular formula is C8H12O2S2. The Morgan fingerprint density at radius 1 is 1.67 bits per heavy atom. The minimum Gasteiger partial charge on any atom is -0.393 e. The van der Waals surface area contributed by atoms with Crippen LogP contribution in [0.15, 0.2) is 15.7 Å². The first-order valence-corrected chi connectivity index (χ1v) is 5.67. The van der Waals surface area contributed by atoms with Gasteiger partial charge in [-0.25, -0.2) is 0 Å². The van der Waals surface area contributed by atoms with Crippen molar-refractivity contribution in [2.45, 2.75) is 16.7 Å². The van der Waals surface area contributed by atoms with Crippen LogP contribution in [0.2, 0.25) is 0 Å². The van der Waals surface area contributed by atoms with E-state index in [2.05, 4.69) is 0 Å². The molecule has 1 aromatic heterocycles. The summed E-state index contributed by atoms with van der Waals surface area (Å²) in [6, 6.07) is 1.91. The molecule has 0 fully saturated rings. The SMILES string of the molecule is CSc1cc([C@@](C)(O)CO)cs1. The quantitative estimate of drug-likeness (QED) is 0.736. The maximum absolute atomic E-state index is 9.65. The van der Waals surface area contributed by atoms with Crippen LogP contribution in [0.5, 0.6) is 0 Å². The van der Waals surface area contributed by atoms with E-state index in [-0.39, 0.29) is 6.61 Å². The number of thiophene rings is 1. The smallest absolute Gasteiger partial charge is 0.111 e. The van der Waals surface area contributed by atoms with Crippen LogP contribution in [0, 0.1) is 0 Å². The van der Waals surface area contributed by atoms with Crippen molar-refractivity contribution in [3.8, 4) is 0 Å². The van der Waals surface area contributed by atoms with Crippen LogP contribution in [0.1, 0.15) is 12.5 Å². The highest BCUT2D eigenvalue weighted by Crippen LogP contribution is 2.30. The zero-order valence-corrected chi connectivity index (χ0v) is 8.71. The minimum absolute atomic E-state index is 0.239. The third-order valence-corrected chi connectivity index (χ3v) is 3.74. The summed E-state index contributed by atoms with van der Waals surface area (Å²) < 4.78 is 1.15. The van der Waals surface area contributed by atoms with Crippen LogP contribution in [-0.2, 0) is 5.60 Å². The lowest BCUT2D eigenvalue weighted by molar-refractivity contribution is -0.00203. The lowest BCUT2D eigenvalue weighted by atomic mass is 10.0. The Balaban J connectivity index is 2.88. The van der Waals surface area contributed by atoms with Crippen LogP contribution in [0.25, 0.3) is 0 Å². The molecule has 4 heteroatoms. The van der Waals surface area contributed by atoms with Crippen LogP contribution >= 0.6 is 23.1 Å². The zero-order chi connectivity index (χ0) is 9.19. The molecule has 0 spiro atoms. The molecule has 2 nitrogen and oxygen atoms in total. The predicted molar refractivity (Wildman–Crippen MR) is 52.8 cm³/mol. The van der Waals surface area contributed by atoms with Crippen molar-refractivity contribution < 1.29 is 10.2 Å². The molecule has 68 valence electrons. The molecule has 0 aromatic carbocycles. The Hall–Kier alpha value is -0.0300. The molecule has 2 N–H and O–H groups in total. The maximum atomic E-state index is 9.65. The molecule has 0 aliphatic rings. The van der Waals surface area contributed by atoms with E-state index in [1.807, 2.05) is 17.7 Å². The number of aliphatic hydroxyl groups is 2. The van der Waals surface area contributed by atoms with Gasteiger partial charge in [-0.2, -0.15) is 0 Å². The molecule has 12 heavy (non-hydrogen) atoms. The minimum atomic E-state index is -1.09. The number of rotatable bonds is 3. The second-order valence-corrected chi connectivity index (χ2v) is 4.81. The van der Waals surface area contributed by atoms with E-state index < -0.39 is 5.60 Å². The van der Waals surface area contributed by atoms with Crippen LogP contribution in [0.3, 0.4) is 0 Å². The van der Waals surface area contributed by atoms with Gasteiger partial charge in [0.1, 0.15) is 5.60 Å². The first-order valence-electron chi connectivity index (χ1n) is 3.56. The van der Waals surface area contributed by atoms with Gasteiger partial charge in [0, 0.05) is 0 Å². The van der Waals surface area contributed by atoms with Gasteiger partial charge in [-0.3, -0.25) is 0 Å². The van der Waals surface area contributed by atoms with Gasteiger partial charge in [0.2, 0.25) is 0 Å². The van der Waals surface area contributed by atoms with Gasteiger partial charge in [0.25, 0.3) is 0 Å². The summed E-state index contributed by atoms with van der Waals surface area (Å²) in [5, 5.41) is 20.4. The van der Waals surface area contributed by atoms with Gasteiger partial charge >= 0.3 is 0 Å². The maximum Gasteiger partial charge on any atom is 0.111 e. The fourth-order valence-corrected chi connectivity index (χ4v) is 2.33. The standard InChI is InChI=1S/C8H12O2S2/c1-8(10,5-9)6-3-7(11-2)12-4-6/h3-4,9-10H,5H2,1-2H3/t8-/m0/s1. The zero-order valence-electron chi connectivity index (χ0n) is 7.07. The lowest BCUT2D eigenvalue weighted by Crippen LogP contribution is -2.24. The summed E-state index contributed by atoms with van der Waals surface area (Å²) in [5.74, 6) is 0. The van der Waals surface area contributed by atoms with E-state index in [4.69, 9.17) is 5.11 Å². The average Bonchev–Trinajstić information content (AvgIpc) is 2.52. The molecule has 0 saturated heterocycles. The summed E-state index contributed by atoms with van der Waals surface area (Å²) >= 11 is 3.23. The largest absolute Gasteiger partial charge is 0.393 e. The van der Waals surface area contributed by atoms with Crippen LogP contribution in [0.4, 0.5) is 0 Å². The Bertz CT molecular complexity index is 255. The van der Waals surface area contributed by atoms with Gasteiger partial charge in [-0.1, -0.05) is 0 Å². The van der Waals surface area contributed by atoms with Gasteiger partial charge in [-0.15, -0.1) is 23.1 Å². The highest BCUT2D eigenvalue weighted by atomic mass is 32.2. The molecule has 1 aromatic rings. The number of aliphatic hydroxyl groups excluding tert-OH is 1. The monoisotopic (exact) mass is 204 g/mol. The van der Waals surface area contributed by atoms with E-state index >= 15 is 0 Å². The second kappa shape index (κ2) is 3.79. The molecule has 0 aliphatic heterocycles. The summed E-state index contributed by atoms with van der Waals surface area (Å²) in [4.78, 5) is 0. The highest BCUT2D eigenvalue weighted by Gasteiger charge is 2.22. The molecule has 1 rings (SSSR count). The number of hydrogen-bond acceptors (Lipinski definition) is 4. The first-order chi connectivity index (χ1) is 5.60. The van der Waals surface area contributed by atoms with Crippen LogP contribution in [-0.4, -0.2) is 23.1 Å². The van der Waals surface area contributed by atoms with Gasteiger partial charge in [0.15, 0.2) is 0 Å². The van der Waals surface area contributed by atoms with E-state index in [0.29, 0.717) is 0 Å². The fraction of sp³-hybridized carbons (Fsp3) is 0.500. The molecule has 0 aliphatic carbocycles. The Kier molecular flexibility index (Phi) is 3.17. The molecule has 0 amide bonds. The van der Waals surface area contributed by atoms with Crippen molar-refractivity contribution in [1.29, 1.82) is 0 Å². The summed E-state index contributed by atoms with van der Waals surface area (Å²) in [5.41, 5.74) is -0.302. The Morgan fingerprint density at radius 3 is 2.75 bits per heavy atom. The van der Waals surface area contributed by atoms with Gasteiger partial charge in [-0.05, 0) is 30.2 Å². The molecule has 0 unspecified atom stereocenters. The van der Waals surface area contributed by atoms with Crippen molar-refractivity contribution in [1.82, 2.24) is 0 Å². The number of thioether (sulfide) groups is 1. The highest BCUT2D eigenvalue weighted by molar-refractivity contribution is 8.00. The average molecular weight is 204 g/mol. The van der Waals surface area contributed by atoms with Crippen molar-refractivity contribution >= 4 is 23.1 Å². The van der Waals surface area contributed by atoms with E-state index in [9.17, 15) is 5.11 Å². The number of hydrogen-bond donors (Lipinski definition) is 2. The van der Waals surface area contributed by atoms with Crippen molar-refractivity contribution in [3.63, 3.8) is 0 Å². The molecular weight excluding hydrogens is 192 g/mol. The molecule has 1 atom stereocenters. The van der Waals surface area contributed by atoms with E-state index in [0.717, 1.165) is 9.77 Å². The Morgan fingerprint density at radius 2 is 2.33 bits per heavy atom. The third-order valence-electron chi connectivity index (χ3n) is 1.71. The normalized spacial score (nSPS) is 16.0. The van der Waals surface area contributed by atoms with Crippen LogP contribution < -0.4 is 0 Å². The molecule has 0 bridgehead atoms. The summed E-state index contributed by atoms with van der Waals surface area (Å²) in [7, 11) is 0. The van der Waals surface area contributed by atoms with Crippen molar-refractivity contribution in [2.75, 3.05) is 12.9 Å². The van der Waals surface area contributed by atoms with E-state index in [1.165, 1.54) is 0 Å². The lowest BCUT2D eigenvalue weighted by Gasteiger charge is -2.18. The van der Waals surface area contributed by atoms with Gasteiger partial charge < -0.3 is 10.2 Å². The van der Waals surface area contributed by atoms with E-state index in [1.54, 1.807) is 30.0 Å². The molecule has 0 saturated carbocycles.